The molecule has 0 aliphatic rings. The number of hydrogen-bond acceptors (Lipinski definition) is 4. The summed E-state index contributed by atoms with van der Waals surface area (Å²) < 4.78 is 5.34. The van der Waals surface area contributed by atoms with Gasteiger partial charge in [-0.3, -0.25) is 4.79 Å². The third-order valence-corrected chi connectivity index (χ3v) is 3.76. The van der Waals surface area contributed by atoms with E-state index in [0.29, 0.717) is 16.5 Å². The van der Waals surface area contributed by atoms with E-state index in [2.05, 4.69) is 15.5 Å². The summed E-state index contributed by atoms with van der Waals surface area (Å²) in [5, 5.41) is 5.21. The summed E-state index contributed by atoms with van der Waals surface area (Å²) in [7, 11) is 0. The van der Waals surface area contributed by atoms with Crippen molar-refractivity contribution in [3.63, 3.8) is 0 Å². The van der Waals surface area contributed by atoms with Crippen molar-refractivity contribution in [2.75, 3.05) is 6.61 Å². The number of nitrogens with zero attached hydrogens (tertiary/aromatic N) is 2. The van der Waals surface area contributed by atoms with Crippen LogP contribution in [0.2, 0.25) is 5.15 Å². The molecule has 3 rings (SSSR count). The Morgan fingerprint density at radius 2 is 2.04 bits per heavy atom. The molecule has 5 nitrogen and oxygen atoms in total. The topological polar surface area (TPSA) is 63.6 Å². The Labute approximate surface area is 150 Å². The number of hydrazone groups is 1. The van der Waals surface area contributed by atoms with Gasteiger partial charge in [0.25, 0.3) is 5.91 Å². The van der Waals surface area contributed by atoms with Crippen LogP contribution in [0.3, 0.4) is 0 Å². The van der Waals surface area contributed by atoms with Gasteiger partial charge in [0.05, 0.1) is 11.7 Å². The first-order chi connectivity index (χ1) is 12.1. The van der Waals surface area contributed by atoms with E-state index < -0.39 is 0 Å². The van der Waals surface area contributed by atoms with Gasteiger partial charge in [-0.1, -0.05) is 41.4 Å². The molecule has 3 aromatic rings. The minimum absolute atomic E-state index is 0.121. The highest BCUT2D eigenvalue weighted by Crippen LogP contribution is 2.20. The van der Waals surface area contributed by atoms with Crippen LogP contribution in [-0.4, -0.2) is 23.7 Å². The number of halogens is 1. The van der Waals surface area contributed by atoms with E-state index in [4.69, 9.17) is 16.3 Å². The lowest BCUT2D eigenvalue weighted by molar-refractivity contribution is -0.123. The fourth-order valence-corrected chi connectivity index (χ4v) is 2.45. The summed E-state index contributed by atoms with van der Waals surface area (Å²) in [5.74, 6) is 0.264. The van der Waals surface area contributed by atoms with Gasteiger partial charge in [-0.15, -0.1) is 0 Å². The third kappa shape index (κ3) is 4.55. The Morgan fingerprint density at radius 1 is 1.24 bits per heavy atom. The van der Waals surface area contributed by atoms with Crippen LogP contribution in [0.4, 0.5) is 0 Å². The number of benzene rings is 2. The van der Waals surface area contributed by atoms with Gasteiger partial charge in [0.15, 0.2) is 6.61 Å². The standard InChI is InChI=1S/C19H16ClN3O2/c1-13-7-8-17-14(9-13)10-15(19(20)22-17)11-21-23-18(24)12-25-16-5-3-2-4-6-16/h2-11H,12H2,1H3,(H,23,24)/b21-11-. The number of aryl methyl sites for hydroxylation is 1. The van der Waals surface area contributed by atoms with E-state index in [1.54, 1.807) is 12.1 Å². The summed E-state index contributed by atoms with van der Waals surface area (Å²) in [5.41, 5.74) is 4.98. The Morgan fingerprint density at radius 3 is 2.84 bits per heavy atom. The third-order valence-electron chi connectivity index (χ3n) is 3.46. The van der Waals surface area contributed by atoms with Crippen molar-refractivity contribution in [3.05, 3.63) is 70.9 Å². The molecule has 6 heteroatoms. The number of carbonyl (C=O) groups is 1. The summed E-state index contributed by atoms with van der Waals surface area (Å²) in [6.07, 6.45) is 1.47. The predicted molar refractivity (Wildman–Crippen MR) is 99.2 cm³/mol. The van der Waals surface area contributed by atoms with Crippen LogP contribution in [0.15, 0.2) is 59.7 Å². The molecular weight excluding hydrogens is 338 g/mol. The SMILES string of the molecule is Cc1ccc2nc(Cl)c(/C=N\NC(=O)COc3ccccc3)cc2c1. The van der Waals surface area contributed by atoms with Crippen molar-refractivity contribution in [1.29, 1.82) is 0 Å². The largest absolute Gasteiger partial charge is 0.484 e. The number of ether oxygens (including phenoxy) is 1. The Bertz CT molecular complexity index is 927. The van der Waals surface area contributed by atoms with Crippen LogP contribution < -0.4 is 10.2 Å². The van der Waals surface area contributed by atoms with Crippen LogP contribution in [0.1, 0.15) is 11.1 Å². The normalized spacial score (nSPS) is 11.0. The Balaban J connectivity index is 1.62. The molecule has 0 aliphatic heterocycles. The fourth-order valence-electron chi connectivity index (χ4n) is 2.25. The Kier molecular flexibility index (Phi) is 5.26. The van der Waals surface area contributed by atoms with Crippen LogP contribution in [0.25, 0.3) is 10.9 Å². The average Bonchev–Trinajstić information content (AvgIpc) is 2.61. The number of pyridine rings is 1. The molecule has 1 heterocycles. The number of para-hydroxylation sites is 1. The van der Waals surface area contributed by atoms with Crippen molar-refractivity contribution in [1.82, 2.24) is 10.4 Å². The van der Waals surface area contributed by atoms with Crippen LogP contribution in [-0.2, 0) is 4.79 Å². The molecule has 2 aromatic carbocycles. The molecule has 1 N–H and O–H groups in total. The van der Waals surface area contributed by atoms with Gasteiger partial charge in [0, 0.05) is 10.9 Å². The number of nitrogens with one attached hydrogen (secondary N) is 1. The molecule has 0 saturated heterocycles. The van der Waals surface area contributed by atoms with E-state index >= 15 is 0 Å². The van der Waals surface area contributed by atoms with Crippen LogP contribution >= 0.6 is 11.6 Å². The van der Waals surface area contributed by atoms with E-state index in [9.17, 15) is 4.79 Å². The van der Waals surface area contributed by atoms with E-state index in [0.717, 1.165) is 16.5 Å². The number of fused-ring (bicyclic) bond motifs is 1. The highest BCUT2D eigenvalue weighted by molar-refractivity contribution is 6.32. The molecule has 0 bridgehead atoms. The van der Waals surface area contributed by atoms with E-state index in [1.807, 2.05) is 49.4 Å². The summed E-state index contributed by atoms with van der Waals surface area (Å²) >= 11 is 6.16. The molecule has 0 spiro atoms. The van der Waals surface area contributed by atoms with Crippen molar-refractivity contribution in [2.24, 2.45) is 5.10 Å². The quantitative estimate of drug-likeness (QED) is 0.432. The van der Waals surface area contributed by atoms with E-state index in [-0.39, 0.29) is 12.5 Å². The van der Waals surface area contributed by atoms with Gasteiger partial charge in [0.2, 0.25) is 0 Å². The lowest BCUT2D eigenvalue weighted by Crippen LogP contribution is -2.24. The molecule has 1 amide bonds. The first-order valence-electron chi connectivity index (χ1n) is 7.68. The van der Waals surface area contributed by atoms with Crippen molar-refractivity contribution >= 4 is 34.6 Å². The first-order valence-corrected chi connectivity index (χ1v) is 8.06. The summed E-state index contributed by atoms with van der Waals surface area (Å²) in [6.45, 7) is 1.89. The molecule has 0 radical (unpaired) electrons. The zero-order valence-electron chi connectivity index (χ0n) is 13.6. The highest BCUT2D eigenvalue weighted by Gasteiger charge is 2.04. The van der Waals surface area contributed by atoms with Crippen molar-refractivity contribution in [3.8, 4) is 5.75 Å². The second-order valence-electron chi connectivity index (χ2n) is 5.46. The lowest BCUT2D eigenvalue weighted by atomic mass is 10.1. The highest BCUT2D eigenvalue weighted by atomic mass is 35.5. The zero-order chi connectivity index (χ0) is 17.6. The molecule has 0 fully saturated rings. The van der Waals surface area contributed by atoms with Crippen LogP contribution in [0.5, 0.6) is 5.75 Å². The van der Waals surface area contributed by atoms with Gasteiger partial charge >= 0.3 is 0 Å². The minimum Gasteiger partial charge on any atom is -0.484 e. The zero-order valence-corrected chi connectivity index (χ0v) is 14.3. The number of aromatic nitrogens is 1. The smallest absolute Gasteiger partial charge is 0.277 e. The van der Waals surface area contributed by atoms with Crippen molar-refractivity contribution in [2.45, 2.75) is 6.92 Å². The molecule has 0 aliphatic carbocycles. The second-order valence-corrected chi connectivity index (χ2v) is 5.82. The van der Waals surface area contributed by atoms with E-state index in [1.165, 1.54) is 6.21 Å². The molecule has 0 atom stereocenters. The van der Waals surface area contributed by atoms with Crippen molar-refractivity contribution < 1.29 is 9.53 Å². The van der Waals surface area contributed by atoms with Gasteiger partial charge in [0.1, 0.15) is 10.9 Å². The fraction of sp³-hybridized carbons (Fsp3) is 0.105. The molecule has 1 aromatic heterocycles. The van der Waals surface area contributed by atoms with Gasteiger partial charge in [-0.05, 0) is 37.3 Å². The Hall–Kier alpha value is -2.92. The lowest BCUT2D eigenvalue weighted by Gasteiger charge is -2.05. The maximum Gasteiger partial charge on any atom is 0.277 e. The van der Waals surface area contributed by atoms with Crippen LogP contribution in [0, 0.1) is 6.92 Å². The minimum atomic E-state index is -0.360. The maximum atomic E-state index is 11.8. The number of amides is 1. The molecule has 25 heavy (non-hydrogen) atoms. The molecular formula is C19H16ClN3O2. The van der Waals surface area contributed by atoms with Gasteiger partial charge in [-0.25, -0.2) is 10.4 Å². The average molecular weight is 354 g/mol. The number of hydrogen-bond donors (Lipinski definition) is 1. The predicted octanol–water partition coefficient (Wildman–Crippen LogP) is 3.73. The molecule has 126 valence electrons. The van der Waals surface area contributed by atoms with Gasteiger partial charge < -0.3 is 4.74 Å². The van der Waals surface area contributed by atoms with Gasteiger partial charge in [-0.2, -0.15) is 5.10 Å². The maximum absolute atomic E-state index is 11.8. The molecule has 0 unspecified atom stereocenters. The summed E-state index contributed by atoms with van der Waals surface area (Å²) in [6, 6.07) is 16.9. The molecule has 0 saturated carbocycles. The first kappa shape index (κ1) is 16.9. The number of rotatable bonds is 5. The monoisotopic (exact) mass is 353 g/mol. The number of carbonyl (C=O) groups excluding carboxylic acids is 1. The second kappa shape index (κ2) is 7.77. The summed E-state index contributed by atoms with van der Waals surface area (Å²) in [4.78, 5) is 16.1.